The van der Waals surface area contributed by atoms with Gasteiger partial charge in [-0.2, -0.15) is 0 Å². The van der Waals surface area contributed by atoms with E-state index in [4.69, 9.17) is 0 Å². The number of hydrogen-bond acceptors (Lipinski definition) is 0. The Hall–Kier alpha value is -0.780. The van der Waals surface area contributed by atoms with Gasteiger partial charge < -0.3 is 0 Å². The van der Waals surface area contributed by atoms with Crippen LogP contribution in [-0.4, -0.2) is 0 Å². The Morgan fingerprint density at radius 3 is 3.00 bits per heavy atom. The van der Waals surface area contributed by atoms with Gasteiger partial charge >= 0.3 is 0 Å². The van der Waals surface area contributed by atoms with Crippen LogP contribution in [0, 0.1) is 0 Å². The van der Waals surface area contributed by atoms with Crippen molar-refractivity contribution in [3.05, 3.63) is 36.0 Å². The van der Waals surface area contributed by atoms with Gasteiger partial charge in [0.25, 0.3) is 0 Å². The average molecular weight is 162 g/mol. The molecule has 12 heavy (non-hydrogen) atoms. The molecule has 1 aliphatic carbocycles. The van der Waals surface area contributed by atoms with E-state index in [1.807, 2.05) is 6.08 Å². The first-order valence-corrected chi connectivity index (χ1v) is 4.86. The summed E-state index contributed by atoms with van der Waals surface area (Å²) >= 11 is 0. The fourth-order valence-corrected chi connectivity index (χ4v) is 1.57. The zero-order chi connectivity index (χ0) is 8.81. The van der Waals surface area contributed by atoms with Crippen molar-refractivity contribution in [2.75, 3.05) is 0 Å². The summed E-state index contributed by atoms with van der Waals surface area (Å²) in [5.74, 6) is 0. The third kappa shape index (κ3) is 2.69. The summed E-state index contributed by atoms with van der Waals surface area (Å²) in [6.45, 7) is 5.97. The highest BCUT2D eigenvalue weighted by atomic mass is 14.1. The lowest BCUT2D eigenvalue weighted by molar-refractivity contribution is 0.926. The van der Waals surface area contributed by atoms with Crippen LogP contribution in [0.5, 0.6) is 0 Å². The van der Waals surface area contributed by atoms with Crippen LogP contribution in [0.15, 0.2) is 36.0 Å². The van der Waals surface area contributed by atoms with Gasteiger partial charge in [-0.25, -0.2) is 0 Å². The normalized spacial score (nSPS) is 15.8. The molecule has 0 saturated heterocycles. The molecule has 0 heterocycles. The van der Waals surface area contributed by atoms with Crippen molar-refractivity contribution in [2.24, 2.45) is 0 Å². The fraction of sp³-hybridized carbons (Fsp3) is 0.500. The summed E-state index contributed by atoms with van der Waals surface area (Å²) in [5.41, 5.74) is 3.12. The Morgan fingerprint density at radius 2 is 2.33 bits per heavy atom. The number of hydrogen-bond donors (Lipinski definition) is 0. The van der Waals surface area contributed by atoms with E-state index >= 15 is 0 Å². The van der Waals surface area contributed by atoms with Gasteiger partial charge in [0.05, 0.1) is 0 Å². The maximum absolute atomic E-state index is 3.73. The van der Waals surface area contributed by atoms with E-state index in [2.05, 4.69) is 25.7 Å². The molecule has 0 saturated carbocycles. The molecule has 0 heteroatoms. The molecule has 66 valence electrons. The second-order valence-corrected chi connectivity index (χ2v) is 3.36. The Kier molecular flexibility index (Phi) is 3.86. The first-order valence-electron chi connectivity index (χ1n) is 4.86. The van der Waals surface area contributed by atoms with Gasteiger partial charge in [0, 0.05) is 0 Å². The highest BCUT2D eigenvalue weighted by molar-refractivity contribution is 5.32. The van der Waals surface area contributed by atoms with E-state index in [0.29, 0.717) is 0 Å². The predicted octanol–water partition coefficient (Wildman–Crippen LogP) is 4.01. The van der Waals surface area contributed by atoms with Crippen LogP contribution >= 0.6 is 0 Å². The van der Waals surface area contributed by atoms with Crippen molar-refractivity contribution in [1.82, 2.24) is 0 Å². The number of rotatable bonds is 5. The summed E-state index contributed by atoms with van der Waals surface area (Å²) in [6.07, 6.45) is 12.7. The lowest BCUT2D eigenvalue weighted by atomic mass is 10.1. The molecule has 1 rings (SSSR count). The van der Waals surface area contributed by atoms with Gasteiger partial charge in [0.1, 0.15) is 0 Å². The molecule has 0 spiro atoms. The molecule has 0 unspecified atom stereocenters. The fourth-order valence-electron chi connectivity index (χ4n) is 1.57. The van der Waals surface area contributed by atoms with E-state index in [1.165, 1.54) is 31.3 Å². The van der Waals surface area contributed by atoms with Crippen LogP contribution in [-0.2, 0) is 0 Å². The third-order valence-electron chi connectivity index (χ3n) is 2.22. The molecule has 0 aromatic heterocycles. The molecule has 0 radical (unpaired) electrons. The standard InChI is InChI=1S/C12H18/c1-3-5-7-12-9-8-11(10-12)6-4-2/h3,8,10H,1,4-7,9H2,2H3. The van der Waals surface area contributed by atoms with Crippen LogP contribution in [0.4, 0.5) is 0 Å². The van der Waals surface area contributed by atoms with Crippen LogP contribution in [0.3, 0.4) is 0 Å². The molecule has 0 bridgehead atoms. The highest BCUT2D eigenvalue weighted by Gasteiger charge is 2.04. The van der Waals surface area contributed by atoms with E-state index in [9.17, 15) is 0 Å². The van der Waals surface area contributed by atoms with Crippen molar-refractivity contribution in [2.45, 2.75) is 39.0 Å². The minimum atomic E-state index is 1.12. The van der Waals surface area contributed by atoms with Gasteiger partial charge in [-0.1, -0.05) is 42.7 Å². The van der Waals surface area contributed by atoms with E-state index in [-0.39, 0.29) is 0 Å². The van der Waals surface area contributed by atoms with Crippen molar-refractivity contribution in [1.29, 1.82) is 0 Å². The quantitative estimate of drug-likeness (QED) is 0.536. The molecule has 0 nitrogen and oxygen atoms in total. The van der Waals surface area contributed by atoms with Gasteiger partial charge in [-0.05, 0) is 25.7 Å². The molecule has 0 atom stereocenters. The van der Waals surface area contributed by atoms with Crippen molar-refractivity contribution >= 4 is 0 Å². The molecule has 0 fully saturated rings. The van der Waals surface area contributed by atoms with Crippen LogP contribution in [0.25, 0.3) is 0 Å². The third-order valence-corrected chi connectivity index (χ3v) is 2.22. The molecular weight excluding hydrogens is 144 g/mol. The van der Waals surface area contributed by atoms with Gasteiger partial charge in [-0.3, -0.25) is 0 Å². The maximum Gasteiger partial charge on any atom is -0.0130 e. The molecule has 0 aromatic rings. The summed E-state index contributed by atoms with van der Waals surface area (Å²) in [4.78, 5) is 0. The predicted molar refractivity (Wildman–Crippen MR) is 55.1 cm³/mol. The topological polar surface area (TPSA) is 0 Å². The minimum Gasteiger partial charge on any atom is -0.103 e. The smallest absolute Gasteiger partial charge is 0.0130 e. The van der Waals surface area contributed by atoms with E-state index < -0.39 is 0 Å². The second kappa shape index (κ2) is 4.97. The Labute approximate surface area is 75.7 Å². The molecule has 0 N–H and O–H groups in total. The van der Waals surface area contributed by atoms with Gasteiger partial charge in [0.15, 0.2) is 0 Å². The lowest BCUT2D eigenvalue weighted by Gasteiger charge is -1.96. The van der Waals surface area contributed by atoms with Crippen LogP contribution < -0.4 is 0 Å². The molecular formula is C12H18. The van der Waals surface area contributed by atoms with Gasteiger partial charge in [-0.15, -0.1) is 6.58 Å². The van der Waals surface area contributed by atoms with Crippen molar-refractivity contribution in [3.8, 4) is 0 Å². The lowest BCUT2D eigenvalue weighted by Crippen LogP contribution is -1.76. The maximum atomic E-state index is 3.73. The van der Waals surface area contributed by atoms with Crippen LogP contribution in [0.2, 0.25) is 0 Å². The Bertz CT molecular complexity index is 206. The summed E-state index contributed by atoms with van der Waals surface area (Å²) in [5, 5.41) is 0. The summed E-state index contributed by atoms with van der Waals surface area (Å²) in [6, 6.07) is 0. The van der Waals surface area contributed by atoms with E-state index in [0.717, 1.165) is 6.42 Å². The Balaban J connectivity index is 2.32. The molecule has 0 aliphatic heterocycles. The molecule has 0 amide bonds. The monoisotopic (exact) mass is 162 g/mol. The van der Waals surface area contributed by atoms with Crippen LogP contribution in [0.1, 0.15) is 39.0 Å². The minimum absolute atomic E-state index is 1.12. The van der Waals surface area contributed by atoms with E-state index in [1.54, 1.807) is 5.57 Å². The molecule has 1 aliphatic rings. The summed E-state index contributed by atoms with van der Waals surface area (Å²) < 4.78 is 0. The first kappa shape index (κ1) is 9.31. The zero-order valence-corrected chi connectivity index (χ0v) is 7.97. The zero-order valence-electron chi connectivity index (χ0n) is 7.97. The SMILES string of the molecule is C=CCCC1=CC(CCC)=CC1. The summed E-state index contributed by atoms with van der Waals surface area (Å²) in [7, 11) is 0. The number of allylic oxidation sites excluding steroid dienone is 5. The Morgan fingerprint density at radius 1 is 1.50 bits per heavy atom. The molecule has 0 aromatic carbocycles. The van der Waals surface area contributed by atoms with Gasteiger partial charge in [0.2, 0.25) is 0 Å². The second-order valence-electron chi connectivity index (χ2n) is 3.36. The first-order chi connectivity index (χ1) is 5.86. The van der Waals surface area contributed by atoms with Crippen molar-refractivity contribution < 1.29 is 0 Å². The average Bonchev–Trinajstić information content (AvgIpc) is 2.50. The van der Waals surface area contributed by atoms with Crippen molar-refractivity contribution in [3.63, 3.8) is 0 Å². The highest BCUT2D eigenvalue weighted by Crippen LogP contribution is 2.24. The largest absolute Gasteiger partial charge is 0.103 e.